The molecule has 0 bridgehead atoms. The summed E-state index contributed by atoms with van der Waals surface area (Å²) in [6.07, 6.45) is 0.802. The Bertz CT molecular complexity index is 502. The first kappa shape index (κ1) is 18.4. The maximum Gasteiger partial charge on any atom is 1.00 e. The largest absolute Gasteiger partial charge is 1.00 e. The van der Waals surface area contributed by atoms with Gasteiger partial charge in [0.1, 0.15) is 5.75 Å². The molecular weight excluding hydrogens is 283 g/mol. The first-order valence-corrected chi connectivity index (χ1v) is 6.79. The molecule has 0 amide bonds. The van der Waals surface area contributed by atoms with E-state index in [-0.39, 0.29) is 48.2 Å². The Morgan fingerprint density at radius 2 is 1.89 bits per heavy atom. The molecule has 0 fully saturated rings. The number of hydrogen-bond acceptors (Lipinski definition) is 5. The van der Waals surface area contributed by atoms with Crippen molar-refractivity contribution in [2.24, 2.45) is 0 Å². The zero-order valence-corrected chi connectivity index (χ0v) is 13.6. The third-order valence-corrected chi connectivity index (χ3v) is 2.91. The van der Waals surface area contributed by atoms with E-state index < -0.39 is 16.3 Å². The molecule has 0 saturated heterocycles. The van der Waals surface area contributed by atoms with Crippen LogP contribution in [-0.2, 0) is 14.9 Å². The molecule has 8 heteroatoms. The molecule has 1 rings (SSSR count). The number of rotatable bonds is 5. The quantitative estimate of drug-likeness (QED) is 0.256. The van der Waals surface area contributed by atoms with E-state index in [9.17, 15) is 13.2 Å². The number of carbonyl (C=O) groups excluding carboxylic acids is 1. The average Bonchev–Trinajstić information content (AvgIpc) is 2.29. The van der Waals surface area contributed by atoms with Gasteiger partial charge in [-0.1, -0.05) is 13.3 Å². The van der Waals surface area contributed by atoms with Crippen LogP contribution >= 0.6 is 0 Å². The van der Waals surface area contributed by atoms with Crippen LogP contribution in [0.2, 0.25) is 0 Å². The second-order valence-corrected chi connectivity index (χ2v) is 4.92. The minimum Gasteiger partial charge on any atom is -1.00 e. The van der Waals surface area contributed by atoms with E-state index in [0.29, 0.717) is 0 Å². The molecular formula is C11H15NaO6S. The molecule has 0 atom stereocenters. The predicted molar refractivity (Wildman–Crippen MR) is 64.3 cm³/mol. The molecule has 0 unspecified atom stereocenters. The molecule has 0 radical (unpaired) electrons. The normalized spacial score (nSPS) is 10.4. The molecule has 0 saturated carbocycles. The van der Waals surface area contributed by atoms with Crippen LogP contribution in [0.1, 0.15) is 21.2 Å². The monoisotopic (exact) mass is 298 g/mol. The van der Waals surface area contributed by atoms with Crippen LogP contribution in [0.3, 0.4) is 0 Å². The first-order chi connectivity index (χ1) is 8.43. The van der Waals surface area contributed by atoms with Gasteiger partial charge in [0.15, 0.2) is 0 Å². The van der Waals surface area contributed by atoms with Crippen LogP contribution in [0, 0.1) is 0 Å². The van der Waals surface area contributed by atoms with Crippen LogP contribution < -0.4 is 34.3 Å². The maximum absolute atomic E-state index is 11.2. The Morgan fingerprint density at radius 3 is 2.37 bits per heavy atom. The Balaban J connectivity index is 0. The fourth-order valence-corrected chi connectivity index (χ4v) is 1.59. The molecule has 0 spiro atoms. The minimum atomic E-state index is -4.24. The van der Waals surface area contributed by atoms with Crippen molar-refractivity contribution in [2.75, 3.05) is 6.61 Å². The fraction of sp³-hybridized carbons (Fsp3) is 0.364. The van der Waals surface area contributed by atoms with Crippen LogP contribution in [0.5, 0.6) is 5.75 Å². The van der Waals surface area contributed by atoms with Crippen molar-refractivity contribution < 1.29 is 58.2 Å². The van der Waals surface area contributed by atoms with Gasteiger partial charge < -0.3 is 10.9 Å². The van der Waals surface area contributed by atoms with Gasteiger partial charge in [-0.3, -0.25) is 4.55 Å². The van der Waals surface area contributed by atoms with Crippen LogP contribution in [0.4, 0.5) is 4.79 Å². The minimum absolute atomic E-state index is 0. The summed E-state index contributed by atoms with van der Waals surface area (Å²) in [4.78, 5) is 10.9. The van der Waals surface area contributed by atoms with Gasteiger partial charge in [0.05, 0.1) is 11.5 Å². The topological polar surface area (TPSA) is 89.9 Å². The average molecular weight is 298 g/mol. The summed E-state index contributed by atoms with van der Waals surface area (Å²) < 4.78 is 39.8. The second kappa shape index (κ2) is 8.55. The number of ether oxygens (including phenoxy) is 2. The smallest absolute Gasteiger partial charge is 1.00 e. The Hall–Kier alpha value is -0.600. The zero-order chi connectivity index (χ0) is 13.6. The standard InChI is InChI=1S/C11H14O6S.Na.H/c1-2-3-8-16-11(12)17-9-4-6-10(7-5-9)18(13,14)15;;/h4-7H,2-3,8H2,1H3,(H,13,14,15);;/q;+1;-1. The summed E-state index contributed by atoms with van der Waals surface area (Å²) in [6, 6.07) is 4.77. The van der Waals surface area contributed by atoms with Crippen molar-refractivity contribution in [3.05, 3.63) is 24.3 Å². The molecule has 1 aromatic carbocycles. The SMILES string of the molecule is CCCCOC(=O)Oc1ccc(S(=O)(=O)O)cc1.[H-].[Na+]. The first-order valence-electron chi connectivity index (χ1n) is 5.35. The van der Waals surface area contributed by atoms with E-state index in [1.807, 2.05) is 6.92 Å². The van der Waals surface area contributed by atoms with Gasteiger partial charge in [-0.05, 0) is 30.7 Å². The van der Waals surface area contributed by atoms with Gasteiger partial charge in [-0.2, -0.15) is 8.42 Å². The Labute approximate surface area is 135 Å². The predicted octanol–water partition coefficient (Wildman–Crippen LogP) is -0.635. The molecule has 0 heterocycles. The summed E-state index contributed by atoms with van der Waals surface area (Å²) in [7, 11) is -4.24. The Kier molecular flexibility index (Phi) is 8.28. The number of unbranched alkanes of at least 4 members (excludes halogenated alkanes) is 1. The van der Waals surface area contributed by atoms with Gasteiger partial charge >= 0.3 is 35.7 Å². The second-order valence-electron chi connectivity index (χ2n) is 3.50. The van der Waals surface area contributed by atoms with Gasteiger partial charge in [0.2, 0.25) is 0 Å². The molecule has 102 valence electrons. The van der Waals surface area contributed by atoms with E-state index in [4.69, 9.17) is 14.0 Å². The van der Waals surface area contributed by atoms with Crippen molar-refractivity contribution in [3.63, 3.8) is 0 Å². The molecule has 1 N–H and O–H groups in total. The van der Waals surface area contributed by atoms with Crippen LogP contribution in [0.15, 0.2) is 29.2 Å². The number of carbonyl (C=O) groups is 1. The summed E-state index contributed by atoms with van der Waals surface area (Å²) in [5.41, 5.74) is 0. The summed E-state index contributed by atoms with van der Waals surface area (Å²) in [5.74, 6) is 0.142. The van der Waals surface area contributed by atoms with Crippen molar-refractivity contribution in [3.8, 4) is 5.75 Å². The van der Waals surface area contributed by atoms with Crippen molar-refractivity contribution in [2.45, 2.75) is 24.7 Å². The van der Waals surface area contributed by atoms with Gasteiger partial charge in [-0.25, -0.2) is 4.79 Å². The molecule has 0 aliphatic heterocycles. The summed E-state index contributed by atoms with van der Waals surface area (Å²) >= 11 is 0. The molecule has 1 aromatic rings. The molecule has 0 aromatic heterocycles. The molecule has 0 aliphatic rings. The molecule has 19 heavy (non-hydrogen) atoms. The number of benzene rings is 1. The zero-order valence-electron chi connectivity index (χ0n) is 11.8. The maximum atomic E-state index is 11.2. The van der Waals surface area contributed by atoms with Crippen LogP contribution in [-0.4, -0.2) is 25.7 Å². The van der Waals surface area contributed by atoms with Crippen molar-refractivity contribution >= 4 is 16.3 Å². The van der Waals surface area contributed by atoms with Crippen LogP contribution in [0.25, 0.3) is 0 Å². The molecule has 6 nitrogen and oxygen atoms in total. The third kappa shape index (κ3) is 6.93. The number of hydrogen-bond donors (Lipinski definition) is 1. The van der Waals surface area contributed by atoms with Gasteiger partial charge in [0.25, 0.3) is 10.1 Å². The Morgan fingerprint density at radius 1 is 1.32 bits per heavy atom. The van der Waals surface area contributed by atoms with E-state index in [1.165, 1.54) is 12.1 Å². The van der Waals surface area contributed by atoms with Gasteiger partial charge in [-0.15, -0.1) is 0 Å². The van der Waals surface area contributed by atoms with Gasteiger partial charge in [0, 0.05) is 0 Å². The van der Waals surface area contributed by atoms with E-state index in [2.05, 4.69) is 0 Å². The van der Waals surface area contributed by atoms with Crippen molar-refractivity contribution in [1.29, 1.82) is 0 Å². The fourth-order valence-electron chi connectivity index (χ4n) is 1.11. The molecule has 0 aliphatic carbocycles. The van der Waals surface area contributed by atoms with E-state index in [0.717, 1.165) is 25.0 Å². The third-order valence-electron chi connectivity index (χ3n) is 2.04. The summed E-state index contributed by atoms with van der Waals surface area (Å²) in [5, 5.41) is 0. The van der Waals surface area contributed by atoms with E-state index in [1.54, 1.807) is 0 Å². The summed E-state index contributed by atoms with van der Waals surface area (Å²) in [6.45, 7) is 2.24. The van der Waals surface area contributed by atoms with E-state index >= 15 is 0 Å². The van der Waals surface area contributed by atoms with Crippen molar-refractivity contribution in [1.82, 2.24) is 0 Å².